The molecular formula is C15H30N2O3. The maximum atomic E-state index is 11.5. The van der Waals surface area contributed by atoms with Gasteiger partial charge in [0.05, 0.1) is 0 Å². The molecule has 118 valence electrons. The van der Waals surface area contributed by atoms with Crippen LogP contribution in [0.3, 0.4) is 0 Å². The third-order valence-corrected chi connectivity index (χ3v) is 3.53. The predicted octanol–water partition coefficient (Wildman–Crippen LogP) is 3.00. The van der Waals surface area contributed by atoms with E-state index in [0.29, 0.717) is 19.5 Å². The minimum atomic E-state index is -0.760. The Morgan fingerprint density at radius 1 is 1.10 bits per heavy atom. The van der Waals surface area contributed by atoms with Crippen molar-refractivity contribution in [2.45, 2.75) is 59.8 Å². The minimum Gasteiger partial charge on any atom is -0.481 e. The summed E-state index contributed by atoms with van der Waals surface area (Å²) in [4.78, 5) is 22.2. The van der Waals surface area contributed by atoms with E-state index in [1.54, 1.807) is 0 Å². The lowest BCUT2D eigenvalue weighted by Crippen LogP contribution is -2.37. The zero-order chi connectivity index (χ0) is 15.6. The number of carbonyl (C=O) groups excluding carboxylic acids is 1. The Labute approximate surface area is 122 Å². The third-order valence-electron chi connectivity index (χ3n) is 3.53. The van der Waals surface area contributed by atoms with E-state index in [2.05, 4.69) is 38.3 Å². The summed E-state index contributed by atoms with van der Waals surface area (Å²) in [6.45, 7) is 9.70. The normalized spacial score (nSPS) is 12.8. The Bertz CT molecular complexity index is 298. The summed E-state index contributed by atoms with van der Waals surface area (Å²) in [5, 5.41) is 14.4. The van der Waals surface area contributed by atoms with Crippen molar-refractivity contribution in [3.05, 3.63) is 0 Å². The molecule has 0 radical (unpaired) electrons. The van der Waals surface area contributed by atoms with Crippen molar-refractivity contribution < 1.29 is 14.7 Å². The average Bonchev–Trinajstić information content (AvgIpc) is 2.31. The number of amides is 2. The molecule has 0 heterocycles. The van der Waals surface area contributed by atoms with Crippen molar-refractivity contribution >= 4 is 12.0 Å². The molecule has 0 aromatic rings. The highest BCUT2D eigenvalue weighted by molar-refractivity contribution is 5.73. The second-order valence-electron chi connectivity index (χ2n) is 6.32. The molecule has 0 aliphatic carbocycles. The first-order valence-corrected chi connectivity index (χ1v) is 7.50. The largest absolute Gasteiger partial charge is 0.481 e. The van der Waals surface area contributed by atoms with E-state index in [4.69, 9.17) is 5.11 Å². The maximum absolute atomic E-state index is 11.5. The maximum Gasteiger partial charge on any atom is 0.314 e. The number of carboxylic acids is 1. The van der Waals surface area contributed by atoms with Crippen LogP contribution < -0.4 is 10.6 Å². The van der Waals surface area contributed by atoms with Crippen LogP contribution in [0.2, 0.25) is 0 Å². The number of unbranched alkanes of at least 4 members (excludes halogenated alkanes) is 1. The molecule has 5 heteroatoms. The van der Waals surface area contributed by atoms with Gasteiger partial charge in [0.2, 0.25) is 0 Å². The Morgan fingerprint density at radius 2 is 1.70 bits per heavy atom. The Kier molecular flexibility index (Phi) is 9.01. The molecule has 0 aliphatic heterocycles. The monoisotopic (exact) mass is 286 g/mol. The van der Waals surface area contributed by atoms with Crippen molar-refractivity contribution in [3.63, 3.8) is 0 Å². The molecule has 0 spiro atoms. The molecule has 2 amide bonds. The smallest absolute Gasteiger partial charge is 0.314 e. The van der Waals surface area contributed by atoms with Crippen molar-refractivity contribution in [2.75, 3.05) is 13.1 Å². The van der Waals surface area contributed by atoms with Crippen molar-refractivity contribution in [2.24, 2.45) is 11.3 Å². The fourth-order valence-corrected chi connectivity index (χ4v) is 2.11. The number of hydrogen-bond acceptors (Lipinski definition) is 2. The summed E-state index contributed by atoms with van der Waals surface area (Å²) in [7, 11) is 0. The lowest BCUT2D eigenvalue weighted by Gasteiger charge is -2.30. The summed E-state index contributed by atoms with van der Waals surface area (Å²) in [6, 6.07) is -0.135. The molecule has 0 saturated carbocycles. The number of carboxylic acid groups (broad SMARTS) is 1. The zero-order valence-electron chi connectivity index (χ0n) is 13.3. The molecule has 0 aromatic carbocycles. The van der Waals surface area contributed by atoms with E-state index < -0.39 is 5.97 Å². The van der Waals surface area contributed by atoms with Crippen LogP contribution in [0, 0.1) is 11.3 Å². The lowest BCUT2D eigenvalue weighted by molar-refractivity contribution is -0.137. The molecule has 0 aliphatic rings. The van der Waals surface area contributed by atoms with Crippen molar-refractivity contribution in [3.8, 4) is 0 Å². The molecule has 3 N–H and O–H groups in total. The molecule has 0 bridgehead atoms. The molecule has 5 nitrogen and oxygen atoms in total. The summed E-state index contributed by atoms with van der Waals surface area (Å²) in [5.74, 6) is -0.473. The van der Waals surface area contributed by atoms with Crippen LogP contribution in [0.25, 0.3) is 0 Å². The molecule has 20 heavy (non-hydrogen) atoms. The van der Waals surface area contributed by atoms with E-state index in [1.165, 1.54) is 0 Å². The molecule has 1 unspecified atom stereocenters. The van der Waals surface area contributed by atoms with E-state index in [-0.39, 0.29) is 23.8 Å². The van der Waals surface area contributed by atoms with Crippen molar-refractivity contribution in [1.82, 2.24) is 10.6 Å². The quantitative estimate of drug-likeness (QED) is 0.570. The first kappa shape index (κ1) is 18.7. The van der Waals surface area contributed by atoms with Gasteiger partial charge in [-0.05, 0) is 30.6 Å². The summed E-state index contributed by atoms with van der Waals surface area (Å²) in [5.41, 5.74) is 0.0514. The van der Waals surface area contributed by atoms with Gasteiger partial charge in [0.15, 0.2) is 0 Å². The Balaban J connectivity index is 4.01. The third kappa shape index (κ3) is 9.64. The Hall–Kier alpha value is -1.26. The second kappa shape index (κ2) is 9.61. The number of hydrogen-bond donors (Lipinski definition) is 3. The predicted molar refractivity (Wildman–Crippen MR) is 80.7 cm³/mol. The molecular weight excluding hydrogens is 256 g/mol. The van der Waals surface area contributed by atoms with Crippen LogP contribution in [0.4, 0.5) is 4.79 Å². The molecule has 1 atom stereocenters. The van der Waals surface area contributed by atoms with E-state index >= 15 is 0 Å². The molecule has 0 saturated heterocycles. The van der Waals surface area contributed by atoms with E-state index in [0.717, 1.165) is 19.3 Å². The average molecular weight is 286 g/mol. The van der Waals surface area contributed by atoms with Crippen LogP contribution in [0.15, 0.2) is 0 Å². The van der Waals surface area contributed by atoms with Crippen molar-refractivity contribution in [1.29, 1.82) is 0 Å². The van der Waals surface area contributed by atoms with Gasteiger partial charge in [-0.2, -0.15) is 0 Å². The fraction of sp³-hybridized carbons (Fsp3) is 0.867. The van der Waals surface area contributed by atoms with Gasteiger partial charge in [-0.15, -0.1) is 0 Å². The zero-order valence-corrected chi connectivity index (χ0v) is 13.3. The Morgan fingerprint density at radius 3 is 2.20 bits per heavy atom. The van der Waals surface area contributed by atoms with Gasteiger partial charge in [-0.3, -0.25) is 4.79 Å². The number of nitrogens with one attached hydrogen (secondary N) is 2. The summed E-state index contributed by atoms with van der Waals surface area (Å²) < 4.78 is 0. The lowest BCUT2D eigenvalue weighted by atomic mass is 9.76. The van der Waals surface area contributed by atoms with Gasteiger partial charge < -0.3 is 15.7 Å². The van der Waals surface area contributed by atoms with Gasteiger partial charge in [0.25, 0.3) is 0 Å². The molecule has 0 fully saturated rings. The van der Waals surface area contributed by atoms with Crippen LogP contribution in [-0.4, -0.2) is 30.2 Å². The van der Waals surface area contributed by atoms with Crippen LogP contribution >= 0.6 is 0 Å². The van der Waals surface area contributed by atoms with E-state index in [9.17, 15) is 9.59 Å². The van der Waals surface area contributed by atoms with Gasteiger partial charge >= 0.3 is 12.0 Å². The number of carbonyl (C=O) groups is 2. The van der Waals surface area contributed by atoms with Gasteiger partial charge in [-0.25, -0.2) is 4.79 Å². The summed E-state index contributed by atoms with van der Waals surface area (Å²) in [6.07, 6.45) is 3.68. The summed E-state index contributed by atoms with van der Waals surface area (Å²) >= 11 is 0. The highest BCUT2D eigenvalue weighted by Gasteiger charge is 2.24. The van der Waals surface area contributed by atoms with Crippen LogP contribution in [0.1, 0.15) is 59.8 Å². The first-order valence-electron chi connectivity index (χ1n) is 7.50. The molecule has 0 rings (SSSR count). The number of rotatable bonds is 9. The topological polar surface area (TPSA) is 78.4 Å². The van der Waals surface area contributed by atoms with Gasteiger partial charge in [-0.1, -0.05) is 34.1 Å². The first-order chi connectivity index (χ1) is 9.27. The van der Waals surface area contributed by atoms with Crippen LogP contribution in [0.5, 0.6) is 0 Å². The minimum absolute atomic E-state index is 0.0514. The fourth-order valence-electron chi connectivity index (χ4n) is 2.11. The highest BCUT2D eigenvalue weighted by Crippen LogP contribution is 2.32. The number of aliphatic carboxylic acids is 1. The van der Waals surface area contributed by atoms with Gasteiger partial charge in [0, 0.05) is 19.5 Å². The van der Waals surface area contributed by atoms with Crippen LogP contribution in [-0.2, 0) is 4.79 Å². The molecule has 0 aromatic heterocycles. The van der Waals surface area contributed by atoms with Gasteiger partial charge in [0.1, 0.15) is 0 Å². The standard InChI is InChI=1S/C15H30N2O3/c1-5-6-10-16-14(20)17-11-9-12(15(2,3)4)7-8-13(18)19/h12H,5-11H2,1-4H3,(H,18,19)(H2,16,17,20). The van der Waals surface area contributed by atoms with E-state index in [1.807, 2.05) is 0 Å². The second-order valence-corrected chi connectivity index (χ2v) is 6.32. The number of urea groups is 1. The highest BCUT2D eigenvalue weighted by atomic mass is 16.4. The SMILES string of the molecule is CCCCNC(=O)NCCC(CCC(=O)O)C(C)(C)C.